The van der Waals surface area contributed by atoms with E-state index in [9.17, 15) is 0 Å². The van der Waals surface area contributed by atoms with Crippen molar-refractivity contribution in [3.63, 3.8) is 0 Å². The summed E-state index contributed by atoms with van der Waals surface area (Å²) in [4.78, 5) is 0. The van der Waals surface area contributed by atoms with Crippen molar-refractivity contribution in [1.29, 1.82) is 0 Å². The Morgan fingerprint density at radius 3 is 2.33 bits per heavy atom. The molecule has 2 aromatic carbocycles. The molecule has 0 aliphatic carbocycles. The summed E-state index contributed by atoms with van der Waals surface area (Å²) in [6, 6.07) is 18.9. The van der Waals surface area contributed by atoms with Gasteiger partial charge < -0.3 is 14.8 Å². The Labute approximate surface area is 126 Å². The largest absolute Gasteiger partial charge is 0.497 e. The molecule has 0 aromatic heterocycles. The van der Waals surface area contributed by atoms with E-state index in [1.807, 2.05) is 18.2 Å². The number of methoxy groups -OCH3 is 2. The van der Waals surface area contributed by atoms with Crippen molar-refractivity contribution in [2.45, 2.75) is 19.0 Å². The molecule has 2 rings (SSSR count). The Hall–Kier alpha value is -1.84. The van der Waals surface area contributed by atoms with Gasteiger partial charge in [0.15, 0.2) is 0 Å². The SMILES string of the molecule is COCC(N[C@H](C)c1cccc(OC)c1)c1ccccc1. The smallest absolute Gasteiger partial charge is 0.119 e. The molecule has 112 valence electrons. The second kappa shape index (κ2) is 7.81. The summed E-state index contributed by atoms with van der Waals surface area (Å²) in [6.07, 6.45) is 0. The Morgan fingerprint density at radius 2 is 1.67 bits per heavy atom. The summed E-state index contributed by atoms with van der Waals surface area (Å²) < 4.78 is 10.6. The zero-order valence-corrected chi connectivity index (χ0v) is 12.9. The first-order valence-electron chi connectivity index (χ1n) is 7.18. The van der Waals surface area contributed by atoms with Gasteiger partial charge in [0.05, 0.1) is 19.8 Å². The summed E-state index contributed by atoms with van der Waals surface area (Å²) in [5.74, 6) is 0.879. The maximum absolute atomic E-state index is 5.35. The van der Waals surface area contributed by atoms with Gasteiger partial charge in [-0.1, -0.05) is 42.5 Å². The molecule has 0 bridgehead atoms. The average molecular weight is 285 g/mol. The van der Waals surface area contributed by atoms with Gasteiger partial charge in [-0.15, -0.1) is 0 Å². The van der Waals surface area contributed by atoms with Gasteiger partial charge >= 0.3 is 0 Å². The molecule has 2 aromatic rings. The Balaban J connectivity index is 2.12. The third-order valence-corrected chi connectivity index (χ3v) is 3.58. The van der Waals surface area contributed by atoms with Crippen LogP contribution in [0.2, 0.25) is 0 Å². The van der Waals surface area contributed by atoms with Gasteiger partial charge in [-0.05, 0) is 30.2 Å². The molecule has 0 amide bonds. The van der Waals surface area contributed by atoms with Crippen molar-refractivity contribution in [3.8, 4) is 5.75 Å². The molecular weight excluding hydrogens is 262 g/mol. The third-order valence-electron chi connectivity index (χ3n) is 3.58. The van der Waals surface area contributed by atoms with Crippen LogP contribution in [0.4, 0.5) is 0 Å². The molecule has 0 aliphatic heterocycles. The van der Waals surface area contributed by atoms with Crippen LogP contribution in [-0.4, -0.2) is 20.8 Å². The highest BCUT2D eigenvalue weighted by Crippen LogP contribution is 2.22. The Kier molecular flexibility index (Phi) is 5.78. The predicted octanol–water partition coefficient (Wildman–Crippen LogP) is 3.73. The van der Waals surface area contributed by atoms with E-state index < -0.39 is 0 Å². The molecule has 0 spiro atoms. The van der Waals surface area contributed by atoms with Crippen LogP contribution < -0.4 is 10.1 Å². The molecule has 0 heterocycles. The van der Waals surface area contributed by atoms with Crippen molar-refractivity contribution in [2.75, 3.05) is 20.8 Å². The zero-order valence-electron chi connectivity index (χ0n) is 12.9. The number of ether oxygens (including phenoxy) is 2. The number of hydrogen-bond acceptors (Lipinski definition) is 3. The van der Waals surface area contributed by atoms with Crippen LogP contribution in [0.5, 0.6) is 5.75 Å². The number of benzene rings is 2. The van der Waals surface area contributed by atoms with E-state index >= 15 is 0 Å². The van der Waals surface area contributed by atoms with E-state index in [1.165, 1.54) is 11.1 Å². The Bertz CT molecular complexity index is 542. The van der Waals surface area contributed by atoms with E-state index in [0.717, 1.165) is 5.75 Å². The van der Waals surface area contributed by atoms with Gasteiger partial charge in [0.1, 0.15) is 5.75 Å². The van der Waals surface area contributed by atoms with Crippen molar-refractivity contribution in [2.24, 2.45) is 0 Å². The second-order valence-electron chi connectivity index (χ2n) is 5.08. The Morgan fingerprint density at radius 1 is 0.952 bits per heavy atom. The monoisotopic (exact) mass is 285 g/mol. The van der Waals surface area contributed by atoms with Crippen LogP contribution >= 0.6 is 0 Å². The van der Waals surface area contributed by atoms with Gasteiger partial charge in [0.2, 0.25) is 0 Å². The molecule has 1 N–H and O–H groups in total. The van der Waals surface area contributed by atoms with Crippen molar-refractivity contribution >= 4 is 0 Å². The topological polar surface area (TPSA) is 30.5 Å². The highest BCUT2D eigenvalue weighted by molar-refractivity contribution is 5.30. The van der Waals surface area contributed by atoms with Crippen LogP contribution in [0.25, 0.3) is 0 Å². The lowest BCUT2D eigenvalue weighted by Crippen LogP contribution is -2.28. The van der Waals surface area contributed by atoms with Gasteiger partial charge in [0, 0.05) is 13.2 Å². The molecule has 0 fully saturated rings. The lowest BCUT2D eigenvalue weighted by Gasteiger charge is -2.24. The fourth-order valence-corrected chi connectivity index (χ4v) is 2.40. The quantitative estimate of drug-likeness (QED) is 0.840. The van der Waals surface area contributed by atoms with Gasteiger partial charge in [0.25, 0.3) is 0 Å². The van der Waals surface area contributed by atoms with Crippen LogP contribution in [0.1, 0.15) is 30.1 Å². The van der Waals surface area contributed by atoms with E-state index in [0.29, 0.717) is 6.61 Å². The lowest BCUT2D eigenvalue weighted by molar-refractivity contribution is 0.162. The molecule has 0 radical (unpaired) electrons. The molecule has 0 saturated carbocycles. The summed E-state index contributed by atoms with van der Waals surface area (Å²) >= 11 is 0. The van der Waals surface area contributed by atoms with E-state index in [-0.39, 0.29) is 12.1 Å². The maximum atomic E-state index is 5.35. The molecule has 2 atom stereocenters. The van der Waals surface area contributed by atoms with Crippen molar-refractivity contribution < 1.29 is 9.47 Å². The molecule has 3 nitrogen and oxygen atoms in total. The van der Waals surface area contributed by atoms with Crippen molar-refractivity contribution in [1.82, 2.24) is 5.32 Å². The minimum Gasteiger partial charge on any atom is -0.497 e. The van der Waals surface area contributed by atoms with Crippen LogP contribution in [0, 0.1) is 0 Å². The molecule has 0 aliphatic rings. The third kappa shape index (κ3) is 4.31. The number of hydrogen-bond donors (Lipinski definition) is 1. The predicted molar refractivity (Wildman–Crippen MR) is 85.6 cm³/mol. The number of rotatable bonds is 7. The number of nitrogens with one attached hydrogen (secondary N) is 1. The first kappa shape index (κ1) is 15.5. The van der Waals surface area contributed by atoms with Gasteiger partial charge in [-0.2, -0.15) is 0 Å². The van der Waals surface area contributed by atoms with Crippen molar-refractivity contribution in [3.05, 3.63) is 65.7 Å². The molecular formula is C18H23NO2. The average Bonchev–Trinajstić information content (AvgIpc) is 2.55. The van der Waals surface area contributed by atoms with E-state index in [4.69, 9.17) is 9.47 Å². The van der Waals surface area contributed by atoms with Gasteiger partial charge in [-0.25, -0.2) is 0 Å². The maximum Gasteiger partial charge on any atom is 0.119 e. The fourth-order valence-electron chi connectivity index (χ4n) is 2.40. The highest BCUT2D eigenvalue weighted by Gasteiger charge is 2.15. The standard InChI is InChI=1S/C18H23NO2/c1-14(16-10-7-11-17(12-16)21-3)19-18(13-20-2)15-8-5-4-6-9-15/h4-12,14,18-19H,13H2,1-3H3/t14-,18?/m1/s1. The first-order chi connectivity index (χ1) is 10.2. The summed E-state index contributed by atoms with van der Waals surface area (Å²) in [7, 11) is 3.42. The lowest BCUT2D eigenvalue weighted by atomic mass is 10.0. The minimum absolute atomic E-state index is 0.164. The fraction of sp³-hybridized carbons (Fsp3) is 0.333. The van der Waals surface area contributed by atoms with Crippen LogP contribution in [0.15, 0.2) is 54.6 Å². The summed E-state index contributed by atoms with van der Waals surface area (Å²) in [6.45, 7) is 2.79. The van der Waals surface area contributed by atoms with Crippen LogP contribution in [0.3, 0.4) is 0 Å². The van der Waals surface area contributed by atoms with Crippen LogP contribution in [-0.2, 0) is 4.74 Å². The minimum atomic E-state index is 0.164. The molecule has 1 unspecified atom stereocenters. The van der Waals surface area contributed by atoms with Gasteiger partial charge in [-0.3, -0.25) is 0 Å². The summed E-state index contributed by atoms with van der Waals surface area (Å²) in [5, 5.41) is 3.62. The molecule has 21 heavy (non-hydrogen) atoms. The van der Waals surface area contributed by atoms with E-state index in [2.05, 4.69) is 48.6 Å². The summed E-state index contributed by atoms with van der Waals surface area (Å²) in [5.41, 5.74) is 2.43. The molecule has 0 saturated heterocycles. The zero-order chi connectivity index (χ0) is 15.1. The highest BCUT2D eigenvalue weighted by atomic mass is 16.5. The van der Waals surface area contributed by atoms with E-state index in [1.54, 1.807) is 14.2 Å². The second-order valence-corrected chi connectivity index (χ2v) is 5.08. The molecule has 3 heteroatoms. The normalized spacial score (nSPS) is 13.7. The first-order valence-corrected chi connectivity index (χ1v) is 7.18.